The fraction of sp³-hybridized carbons (Fsp3) is 0. The smallest absolute Gasteiger partial charge is 0.473 e. The molecule has 0 fully saturated rings. The van der Waals surface area contributed by atoms with E-state index in [0.717, 1.165) is 0 Å². The molecule has 0 bridgehead atoms. The monoisotopic (exact) mass is 232 g/mol. The molecule has 0 aromatic heterocycles. The summed E-state index contributed by atoms with van der Waals surface area (Å²) in [5, 5.41) is 24.3. The van der Waals surface area contributed by atoms with Crippen molar-refractivity contribution < 1.29 is 43.7 Å². The zero-order chi connectivity index (χ0) is 11.3. The third-order valence-corrected chi connectivity index (χ3v) is 0.765. The first-order valence-electron chi connectivity index (χ1n) is 2.90. The number of hydrogen-bond donors (Lipinski definition) is 3. The van der Waals surface area contributed by atoms with Crippen molar-refractivity contribution in [1.29, 1.82) is 0 Å². The molecule has 0 heterocycles. The third kappa shape index (κ3) is 6.70. The minimum Gasteiger partial charge on any atom is -0.473 e. The van der Waals surface area contributed by atoms with E-state index in [2.05, 4.69) is 9.31 Å². The summed E-state index contributed by atoms with van der Waals surface area (Å²) in [5.74, 6) is -7.85. The van der Waals surface area contributed by atoms with E-state index < -0.39 is 31.2 Å². The van der Waals surface area contributed by atoms with Crippen LogP contribution in [0.5, 0.6) is 0 Å². The van der Waals surface area contributed by atoms with Gasteiger partial charge in [0.05, 0.1) is 0 Å². The van der Waals surface area contributed by atoms with Gasteiger partial charge in [-0.25, -0.2) is 19.2 Å². The summed E-state index contributed by atoms with van der Waals surface area (Å²) >= 11 is 0. The molecule has 0 amide bonds. The van der Waals surface area contributed by atoms with Gasteiger partial charge in [-0.15, -0.1) is 0 Å². The van der Waals surface area contributed by atoms with Gasteiger partial charge in [0, 0.05) is 0 Å². The number of rotatable bonds is 2. The Hall–Kier alpha value is -1.33. The van der Waals surface area contributed by atoms with Gasteiger partial charge < -0.3 is 24.5 Å². The number of carbonyl (C=O) groups is 4. The van der Waals surface area contributed by atoms with Crippen molar-refractivity contribution in [2.45, 2.75) is 0 Å². The van der Waals surface area contributed by atoms with E-state index in [9.17, 15) is 19.2 Å². The molecule has 0 aliphatic heterocycles. The second-order valence-electron chi connectivity index (χ2n) is 1.73. The summed E-state index contributed by atoms with van der Waals surface area (Å²) in [5.41, 5.74) is 0. The Balaban J connectivity index is 0. The van der Waals surface area contributed by atoms with E-state index in [-0.39, 0.29) is 23.1 Å². The van der Waals surface area contributed by atoms with Gasteiger partial charge in [0.25, 0.3) is 0 Å². The maximum atomic E-state index is 10.2. The lowest BCUT2D eigenvalue weighted by molar-refractivity contribution is -0.164. The lowest BCUT2D eigenvalue weighted by Crippen LogP contribution is -2.34. The quantitative estimate of drug-likeness (QED) is 0.323. The van der Waals surface area contributed by atoms with Crippen molar-refractivity contribution in [1.82, 2.24) is 0 Å². The standard InChI is InChI=1S/C4H3BO9.Mg.2H/c6-1(7)3(10)13-5(12)14-4(11)2(8)9;;;/h12H,(H,6,7)(H,8,9);;;. The fourth-order valence-corrected chi connectivity index (χ4v) is 0.308. The molecule has 0 aromatic rings. The van der Waals surface area contributed by atoms with Crippen LogP contribution >= 0.6 is 0 Å². The Morgan fingerprint density at radius 2 is 1.13 bits per heavy atom. The Kier molecular flexibility index (Phi) is 7.55. The summed E-state index contributed by atoms with van der Waals surface area (Å²) < 4.78 is 7.09. The lowest BCUT2D eigenvalue weighted by atomic mass is 10.2. The van der Waals surface area contributed by atoms with Crippen LogP contribution in [0.1, 0.15) is 0 Å². The maximum Gasteiger partial charge on any atom is 0.789 e. The molecule has 0 aliphatic carbocycles. The maximum absolute atomic E-state index is 10.2. The highest BCUT2D eigenvalue weighted by Crippen LogP contribution is 1.88. The minimum atomic E-state index is -2.57. The van der Waals surface area contributed by atoms with Crippen LogP contribution in [0.2, 0.25) is 0 Å². The van der Waals surface area contributed by atoms with Crippen molar-refractivity contribution in [2.24, 2.45) is 0 Å². The SMILES string of the molecule is O=C(O)C(=O)OB(O)OC(=O)C(=O)O.[MgH2]. The van der Waals surface area contributed by atoms with Crippen LogP contribution in [-0.2, 0) is 28.5 Å². The predicted octanol–water partition coefficient (Wildman–Crippen LogP) is -3.70. The van der Waals surface area contributed by atoms with Crippen LogP contribution in [0.3, 0.4) is 0 Å². The van der Waals surface area contributed by atoms with Crippen LogP contribution < -0.4 is 0 Å². The molecule has 0 saturated heterocycles. The summed E-state index contributed by atoms with van der Waals surface area (Å²) in [6.07, 6.45) is 0. The van der Waals surface area contributed by atoms with Gasteiger partial charge in [-0.05, 0) is 0 Å². The lowest BCUT2D eigenvalue weighted by Gasteiger charge is -2.03. The van der Waals surface area contributed by atoms with Gasteiger partial charge in [0.15, 0.2) is 0 Å². The number of hydrogen-bond acceptors (Lipinski definition) is 7. The molecule has 9 nitrogen and oxygen atoms in total. The number of aliphatic carboxylic acids is 2. The first kappa shape index (κ1) is 16.1. The van der Waals surface area contributed by atoms with Gasteiger partial charge in [-0.1, -0.05) is 0 Å². The fourth-order valence-electron chi connectivity index (χ4n) is 0.308. The van der Waals surface area contributed by atoms with Crippen LogP contribution in [0.15, 0.2) is 0 Å². The van der Waals surface area contributed by atoms with Crippen LogP contribution in [-0.4, -0.2) is 69.5 Å². The van der Waals surface area contributed by atoms with Crippen LogP contribution in [0.25, 0.3) is 0 Å². The van der Waals surface area contributed by atoms with Crippen molar-refractivity contribution in [3.05, 3.63) is 0 Å². The number of carbonyl (C=O) groups excluding carboxylic acids is 2. The van der Waals surface area contributed by atoms with Crippen LogP contribution in [0.4, 0.5) is 0 Å². The highest BCUT2D eigenvalue weighted by molar-refractivity contribution is 6.48. The van der Waals surface area contributed by atoms with Gasteiger partial charge in [0.1, 0.15) is 0 Å². The van der Waals surface area contributed by atoms with E-state index in [1.54, 1.807) is 0 Å². The van der Waals surface area contributed by atoms with E-state index >= 15 is 0 Å². The Morgan fingerprint density at radius 1 is 0.867 bits per heavy atom. The van der Waals surface area contributed by atoms with Crippen molar-refractivity contribution in [3.8, 4) is 0 Å². The molecule has 15 heavy (non-hydrogen) atoms. The van der Waals surface area contributed by atoms with Gasteiger partial charge in [0.2, 0.25) is 0 Å². The molecule has 0 aliphatic rings. The molecular formula is C4H5BMgO9. The van der Waals surface area contributed by atoms with Gasteiger partial charge in [-0.2, -0.15) is 0 Å². The largest absolute Gasteiger partial charge is 0.789 e. The van der Waals surface area contributed by atoms with Crippen molar-refractivity contribution in [3.63, 3.8) is 0 Å². The van der Waals surface area contributed by atoms with Gasteiger partial charge in [-0.3, -0.25) is 0 Å². The van der Waals surface area contributed by atoms with Gasteiger partial charge >= 0.3 is 54.3 Å². The molecule has 3 N–H and O–H groups in total. The summed E-state index contributed by atoms with van der Waals surface area (Å²) in [7, 11) is -2.57. The zero-order valence-electron chi connectivity index (χ0n) is 6.37. The second kappa shape index (κ2) is 7.03. The average Bonchev–Trinajstić information content (AvgIpc) is 2.03. The molecule has 11 heteroatoms. The molecule has 0 radical (unpaired) electrons. The number of carboxylic acids is 2. The molecule has 0 atom stereocenters. The molecule has 0 saturated carbocycles. The van der Waals surface area contributed by atoms with Crippen molar-refractivity contribution in [2.75, 3.05) is 0 Å². The van der Waals surface area contributed by atoms with E-state index in [1.807, 2.05) is 0 Å². The molecular weight excluding hydrogens is 227 g/mol. The number of carboxylic acid groups (broad SMARTS) is 2. The minimum absolute atomic E-state index is 0. The molecule has 0 spiro atoms. The Labute approximate surface area is 98.3 Å². The highest BCUT2D eigenvalue weighted by atomic mass is 24.3. The molecule has 0 rings (SSSR count). The van der Waals surface area contributed by atoms with E-state index in [1.165, 1.54) is 0 Å². The molecule has 0 aromatic carbocycles. The zero-order valence-corrected chi connectivity index (χ0v) is 6.37. The van der Waals surface area contributed by atoms with Crippen LogP contribution in [0, 0.1) is 0 Å². The third-order valence-electron chi connectivity index (χ3n) is 0.765. The van der Waals surface area contributed by atoms with E-state index in [0.29, 0.717) is 0 Å². The highest BCUT2D eigenvalue weighted by Gasteiger charge is 2.32. The summed E-state index contributed by atoms with van der Waals surface area (Å²) in [6.45, 7) is 0. The normalized spacial score (nSPS) is 8.07. The average molecular weight is 232 g/mol. The second-order valence-corrected chi connectivity index (χ2v) is 1.73. The van der Waals surface area contributed by atoms with E-state index in [4.69, 9.17) is 15.2 Å². The molecule has 80 valence electrons. The summed E-state index contributed by atoms with van der Waals surface area (Å²) in [6, 6.07) is 0. The molecule has 0 unspecified atom stereocenters. The predicted molar refractivity (Wildman–Crippen MR) is 44.0 cm³/mol. The van der Waals surface area contributed by atoms with Crippen molar-refractivity contribution >= 4 is 54.3 Å². The first-order chi connectivity index (χ1) is 6.34. The topological polar surface area (TPSA) is 147 Å². The Morgan fingerprint density at radius 3 is 1.33 bits per heavy atom. The Bertz CT molecular complexity index is 260. The summed E-state index contributed by atoms with van der Waals surface area (Å²) in [4.78, 5) is 40.0. The first-order valence-corrected chi connectivity index (χ1v) is 2.90.